The number of hydrogen-bond donors (Lipinski definition) is 0. The Labute approximate surface area is 75.9 Å². The second-order valence-corrected chi connectivity index (χ2v) is 3.44. The molecule has 1 aromatic carbocycles. The highest BCUT2D eigenvalue weighted by atomic mass is 32.1. The summed E-state index contributed by atoms with van der Waals surface area (Å²) in [5.74, 6) is 0. The van der Waals surface area contributed by atoms with E-state index in [1.165, 1.54) is 11.3 Å². The molecule has 0 amide bonds. The van der Waals surface area contributed by atoms with Gasteiger partial charge in [0.05, 0.1) is 5.38 Å². The Morgan fingerprint density at radius 3 is 2.50 bits per heavy atom. The van der Waals surface area contributed by atoms with Gasteiger partial charge in [-0.1, -0.05) is 29.5 Å². The Balaban J connectivity index is 2.51. The Morgan fingerprint density at radius 1 is 1.17 bits per heavy atom. The molecule has 0 N–H and O–H groups in total. The highest BCUT2D eigenvalue weighted by Crippen LogP contribution is 2.15. The normalized spacial score (nSPS) is 10.1. The van der Waals surface area contributed by atoms with Crippen LogP contribution < -0.4 is 4.57 Å². The van der Waals surface area contributed by atoms with Crippen molar-refractivity contribution in [2.24, 2.45) is 7.05 Å². The minimum absolute atomic E-state index is 1.28. The summed E-state index contributed by atoms with van der Waals surface area (Å²) in [6.07, 6.45) is 0. The number of aryl methyl sites for hydroxylation is 1. The highest BCUT2D eigenvalue weighted by Gasteiger charge is 2.08. The standard InChI is InChI=1S/C10H10NS/c1-11-8-12-7-10(11)9-5-3-2-4-6-9/h2-8H,1H3/q+1. The van der Waals surface area contributed by atoms with Gasteiger partial charge in [-0.3, -0.25) is 0 Å². The van der Waals surface area contributed by atoms with E-state index in [4.69, 9.17) is 0 Å². The lowest BCUT2D eigenvalue weighted by atomic mass is 10.2. The van der Waals surface area contributed by atoms with Crippen LogP contribution in [0.2, 0.25) is 0 Å². The number of nitrogens with zero attached hydrogens (tertiary/aromatic N) is 1. The van der Waals surface area contributed by atoms with Gasteiger partial charge in [-0.15, -0.1) is 0 Å². The van der Waals surface area contributed by atoms with E-state index in [9.17, 15) is 0 Å². The number of aromatic nitrogens is 1. The van der Waals surface area contributed by atoms with Crippen molar-refractivity contribution in [1.82, 2.24) is 0 Å². The summed E-state index contributed by atoms with van der Waals surface area (Å²) in [6, 6.07) is 10.4. The van der Waals surface area contributed by atoms with Gasteiger partial charge in [-0.05, 0) is 12.1 Å². The van der Waals surface area contributed by atoms with Gasteiger partial charge in [0.15, 0.2) is 0 Å². The van der Waals surface area contributed by atoms with Gasteiger partial charge in [-0.25, -0.2) is 0 Å². The molecule has 0 unspecified atom stereocenters. The van der Waals surface area contributed by atoms with Gasteiger partial charge in [0.25, 0.3) is 0 Å². The molecule has 0 bridgehead atoms. The summed E-state index contributed by atoms with van der Waals surface area (Å²) >= 11 is 1.72. The quantitative estimate of drug-likeness (QED) is 0.587. The molecule has 0 spiro atoms. The van der Waals surface area contributed by atoms with Crippen LogP contribution >= 0.6 is 11.3 Å². The molecule has 1 heterocycles. The molecule has 2 rings (SSSR count). The third kappa shape index (κ3) is 1.25. The first kappa shape index (κ1) is 7.50. The van der Waals surface area contributed by atoms with Crippen molar-refractivity contribution >= 4 is 11.3 Å². The van der Waals surface area contributed by atoms with Crippen LogP contribution in [0.1, 0.15) is 0 Å². The topological polar surface area (TPSA) is 3.88 Å². The fraction of sp³-hybridized carbons (Fsp3) is 0.100. The molecular weight excluding hydrogens is 166 g/mol. The molecule has 0 atom stereocenters. The van der Waals surface area contributed by atoms with Crippen molar-refractivity contribution < 1.29 is 4.57 Å². The molecule has 60 valence electrons. The first-order valence-electron chi connectivity index (χ1n) is 3.85. The Morgan fingerprint density at radius 2 is 1.92 bits per heavy atom. The largest absolute Gasteiger partial charge is 0.224 e. The second kappa shape index (κ2) is 3.07. The van der Waals surface area contributed by atoms with Crippen LogP contribution in [0, 0.1) is 0 Å². The van der Waals surface area contributed by atoms with Crippen LogP contribution in [0.15, 0.2) is 41.2 Å². The maximum absolute atomic E-state index is 2.16. The Kier molecular flexibility index (Phi) is 1.92. The van der Waals surface area contributed by atoms with E-state index in [0.717, 1.165) is 0 Å². The van der Waals surface area contributed by atoms with Gasteiger partial charge < -0.3 is 0 Å². The molecule has 2 aromatic rings. The zero-order valence-corrected chi connectivity index (χ0v) is 7.71. The van der Waals surface area contributed by atoms with E-state index in [2.05, 4.69) is 46.8 Å². The first-order valence-corrected chi connectivity index (χ1v) is 4.79. The van der Waals surface area contributed by atoms with Crippen molar-refractivity contribution in [1.29, 1.82) is 0 Å². The maximum Gasteiger partial charge on any atom is 0.224 e. The van der Waals surface area contributed by atoms with E-state index in [-0.39, 0.29) is 0 Å². The lowest BCUT2D eigenvalue weighted by Crippen LogP contribution is -2.26. The SMILES string of the molecule is C[n+]1cscc1-c1ccccc1. The molecule has 0 saturated heterocycles. The van der Waals surface area contributed by atoms with Crippen molar-refractivity contribution in [2.45, 2.75) is 0 Å². The monoisotopic (exact) mass is 176 g/mol. The van der Waals surface area contributed by atoms with Crippen LogP contribution in [0.5, 0.6) is 0 Å². The zero-order valence-electron chi connectivity index (χ0n) is 6.90. The van der Waals surface area contributed by atoms with Gasteiger partial charge >= 0.3 is 0 Å². The fourth-order valence-corrected chi connectivity index (χ4v) is 1.99. The van der Waals surface area contributed by atoms with Gasteiger partial charge in [0, 0.05) is 5.56 Å². The smallest absolute Gasteiger partial charge is 0.191 e. The molecular formula is C10H10NS+. The predicted molar refractivity (Wildman–Crippen MR) is 50.9 cm³/mol. The third-order valence-corrected chi connectivity index (χ3v) is 2.65. The average Bonchev–Trinajstić information content (AvgIpc) is 2.53. The van der Waals surface area contributed by atoms with E-state index in [1.807, 2.05) is 6.07 Å². The highest BCUT2D eigenvalue weighted by molar-refractivity contribution is 7.07. The van der Waals surface area contributed by atoms with Crippen molar-refractivity contribution in [2.75, 3.05) is 0 Å². The van der Waals surface area contributed by atoms with Gasteiger partial charge in [0.1, 0.15) is 7.05 Å². The molecule has 1 aromatic heterocycles. The molecule has 1 nitrogen and oxygen atoms in total. The van der Waals surface area contributed by atoms with E-state index in [0.29, 0.717) is 0 Å². The third-order valence-electron chi connectivity index (χ3n) is 1.85. The number of thiazole rings is 1. The minimum Gasteiger partial charge on any atom is -0.191 e. The summed E-state index contributed by atoms with van der Waals surface area (Å²) in [7, 11) is 2.07. The molecule has 0 saturated carbocycles. The summed E-state index contributed by atoms with van der Waals surface area (Å²) in [4.78, 5) is 0. The molecule has 0 aliphatic carbocycles. The second-order valence-electron chi connectivity index (χ2n) is 2.72. The molecule has 0 radical (unpaired) electrons. The van der Waals surface area contributed by atoms with Crippen LogP contribution in [0.4, 0.5) is 0 Å². The number of rotatable bonds is 1. The number of hydrogen-bond acceptors (Lipinski definition) is 1. The zero-order chi connectivity index (χ0) is 8.39. The summed E-state index contributed by atoms with van der Waals surface area (Å²) in [5, 5.41) is 2.16. The van der Waals surface area contributed by atoms with Crippen molar-refractivity contribution in [3.8, 4) is 11.3 Å². The van der Waals surface area contributed by atoms with Crippen molar-refractivity contribution in [3.63, 3.8) is 0 Å². The van der Waals surface area contributed by atoms with Crippen LogP contribution in [0.3, 0.4) is 0 Å². The van der Waals surface area contributed by atoms with Gasteiger partial charge in [-0.2, -0.15) is 4.57 Å². The van der Waals surface area contributed by atoms with E-state index in [1.54, 1.807) is 11.3 Å². The summed E-state index contributed by atoms with van der Waals surface area (Å²) in [6.45, 7) is 0. The van der Waals surface area contributed by atoms with Crippen LogP contribution in [-0.2, 0) is 7.05 Å². The average molecular weight is 176 g/mol. The molecule has 12 heavy (non-hydrogen) atoms. The lowest BCUT2D eigenvalue weighted by molar-refractivity contribution is -0.655. The van der Waals surface area contributed by atoms with Crippen molar-refractivity contribution in [3.05, 3.63) is 41.2 Å². The van der Waals surface area contributed by atoms with Crippen LogP contribution in [0.25, 0.3) is 11.3 Å². The minimum atomic E-state index is 1.28. The lowest BCUT2D eigenvalue weighted by Gasteiger charge is -1.92. The first-order chi connectivity index (χ1) is 5.88. The fourth-order valence-electron chi connectivity index (χ4n) is 1.21. The molecule has 0 fully saturated rings. The Bertz CT molecular complexity index is 364. The molecule has 0 aliphatic rings. The summed E-state index contributed by atoms with van der Waals surface area (Å²) in [5.41, 5.74) is 4.66. The Hall–Kier alpha value is -1.15. The number of benzene rings is 1. The maximum atomic E-state index is 2.16. The molecule has 0 aliphatic heterocycles. The summed E-state index contributed by atoms with van der Waals surface area (Å²) < 4.78 is 2.14. The predicted octanol–water partition coefficient (Wildman–Crippen LogP) is 2.24. The van der Waals surface area contributed by atoms with E-state index >= 15 is 0 Å². The van der Waals surface area contributed by atoms with E-state index < -0.39 is 0 Å². The van der Waals surface area contributed by atoms with Gasteiger partial charge in [0.2, 0.25) is 11.2 Å². The van der Waals surface area contributed by atoms with Crippen LogP contribution in [-0.4, -0.2) is 0 Å². The molecule has 2 heteroatoms.